The minimum Gasteiger partial charge on any atom is -0.347 e. The van der Waals surface area contributed by atoms with Gasteiger partial charge in [-0.2, -0.15) is 0 Å². The summed E-state index contributed by atoms with van der Waals surface area (Å²) in [6.45, 7) is 2.60. The van der Waals surface area contributed by atoms with Crippen molar-refractivity contribution in [3.63, 3.8) is 0 Å². The molecule has 0 aliphatic carbocycles. The van der Waals surface area contributed by atoms with Crippen molar-refractivity contribution in [2.45, 2.75) is 18.4 Å². The lowest BCUT2D eigenvalue weighted by Crippen LogP contribution is -2.22. The van der Waals surface area contributed by atoms with Gasteiger partial charge in [-0.25, -0.2) is 0 Å². The number of nitrogens with one attached hydrogen (secondary N) is 1. The Morgan fingerprint density at radius 2 is 2.18 bits per heavy atom. The maximum Gasteiger partial charge on any atom is 0.261 e. The van der Waals surface area contributed by atoms with E-state index in [0.29, 0.717) is 11.4 Å². The summed E-state index contributed by atoms with van der Waals surface area (Å²) in [7, 11) is 0. The zero-order valence-corrected chi connectivity index (χ0v) is 11.1. The van der Waals surface area contributed by atoms with Gasteiger partial charge in [-0.1, -0.05) is 24.3 Å². The van der Waals surface area contributed by atoms with E-state index < -0.39 is 0 Å². The fourth-order valence-corrected chi connectivity index (χ4v) is 2.58. The third kappa shape index (κ3) is 3.11. The third-order valence-corrected chi connectivity index (χ3v) is 3.87. The molecule has 0 saturated heterocycles. The molecule has 1 aromatic heterocycles. The van der Waals surface area contributed by atoms with Crippen molar-refractivity contribution >= 4 is 29.9 Å². The molecule has 2 aromatic rings. The molecule has 0 atom stereocenters. The van der Waals surface area contributed by atoms with Crippen LogP contribution >= 0.6 is 24.0 Å². The molecule has 0 bridgehead atoms. The number of hydrogen-bond donors (Lipinski definition) is 2. The number of carbonyl (C=O) groups is 1. The lowest BCUT2D eigenvalue weighted by atomic mass is 10.1. The van der Waals surface area contributed by atoms with Crippen LogP contribution in [-0.4, -0.2) is 5.91 Å². The summed E-state index contributed by atoms with van der Waals surface area (Å²) in [6, 6.07) is 9.81. The van der Waals surface area contributed by atoms with E-state index >= 15 is 0 Å². The molecule has 0 unspecified atom stereocenters. The smallest absolute Gasteiger partial charge is 0.261 e. The highest BCUT2D eigenvalue weighted by Gasteiger charge is 2.07. The van der Waals surface area contributed by atoms with Gasteiger partial charge in [-0.05, 0) is 24.1 Å². The molecule has 1 aromatic carbocycles. The van der Waals surface area contributed by atoms with Crippen molar-refractivity contribution in [1.82, 2.24) is 5.32 Å². The lowest BCUT2D eigenvalue weighted by Gasteiger charge is -2.06. The van der Waals surface area contributed by atoms with Crippen molar-refractivity contribution in [3.8, 4) is 0 Å². The van der Waals surface area contributed by atoms with Gasteiger partial charge in [0.1, 0.15) is 0 Å². The number of thiol groups is 1. The minimum absolute atomic E-state index is 0.0430. The number of thiophene rings is 1. The van der Waals surface area contributed by atoms with Gasteiger partial charge in [-0.3, -0.25) is 4.79 Å². The molecule has 0 fully saturated rings. The highest BCUT2D eigenvalue weighted by atomic mass is 32.1. The van der Waals surface area contributed by atoms with Crippen LogP contribution in [0.1, 0.15) is 20.8 Å². The van der Waals surface area contributed by atoms with Crippen LogP contribution in [0.3, 0.4) is 0 Å². The summed E-state index contributed by atoms with van der Waals surface area (Å²) < 4.78 is 0. The number of benzene rings is 1. The quantitative estimate of drug-likeness (QED) is 0.818. The number of rotatable bonds is 3. The standard InChI is InChI=1S/C13H13NOS2/c1-9-4-2-3-5-10(9)7-14-13(15)12-6-11(16)8-17-12/h2-6,8,16H,7H2,1H3,(H,14,15). The van der Waals surface area contributed by atoms with Gasteiger partial charge in [0.05, 0.1) is 4.88 Å². The molecule has 0 aliphatic heterocycles. The molecule has 0 aliphatic rings. The van der Waals surface area contributed by atoms with Crippen molar-refractivity contribution in [2.75, 3.05) is 0 Å². The van der Waals surface area contributed by atoms with E-state index in [1.165, 1.54) is 16.9 Å². The Hall–Kier alpha value is -1.26. The van der Waals surface area contributed by atoms with Crippen LogP contribution in [0.2, 0.25) is 0 Å². The van der Waals surface area contributed by atoms with E-state index in [9.17, 15) is 4.79 Å². The Kier molecular flexibility index (Phi) is 3.86. The molecule has 4 heteroatoms. The van der Waals surface area contributed by atoms with Crippen LogP contribution in [0.4, 0.5) is 0 Å². The van der Waals surface area contributed by atoms with Gasteiger partial charge in [0.15, 0.2) is 0 Å². The molecule has 88 valence electrons. The summed E-state index contributed by atoms with van der Waals surface area (Å²) in [4.78, 5) is 13.3. The fourth-order valence-electron chi connectivity index (χ4n) is 1.52. The van der Waals surface area contributed by atoms with Gasteiger partial charge < -0.3 is 5.32 Å². The third-order valence-electron chi connectivity index (χ3n) is 2.51. The Bertz CT molecular complexity index is 534. The summed E-state index contributed by atoms with van der Waals surface area (Å²) in [5, 5.41) is 4.76. The van der Waals surface area contributed by atoms with Crippen molar-refractivity contribution in [3.05, 3.63) is 51.7 Å². The Balaban J connectivity index is 1.99. The molecular formula is C13H13NOS2. The molecule has 1 heterocycles. The first-order chi connectivity index (χ1) is 8.16. The molecule has 1 amide bonds. The normalized spacial score (nSPS) is 10.2. The first kappa shape index (κ1) is 12.2. The summed E-state index contributed by atoms with van der Waals surface area (Å²) in [5.74, 6) is -0.0430. The second kappa shape index (κ2) is 5.38. The van der Waals surface area contributed by atoms with Crippen LogP contribution < -0.4 is 5.32 Å². The van der Waals surface area contributed by atoms with E-state index in [1.54, 1.807) is 6.07 Å². The van der Waals surface area contributed by atoms with Crippen molar-refractivity contribution < 1.29 is 4.79 Å². The molecule has 17 heavy (non-hydrogen) atoms. The van der Waals surface area contributed by atoms with E-state index in [-0.39, 0.29) is 5.91 Å². The molecule has 2 nitrogen and oxygen atoms in total. The van der Waals surface area contributed by atoms with Crippen LogP contribution in [-0.2, 0) is 6.54 Å². The van der Waals surface area contributed by atoms with Crippen molar-refractivity contribution in [1.29, 1.82) is 0 Å². The van der Waals surface area contributed by atoms with Gasteiger partial charge in [0.2, 0.25) is 0 Å². The lowest BCUT2D eigenvalue weighted by molar-refractivity contribution is 0.0955. The Labute approximate surface area is 110 Å². The van der Waals surface area contributed by atoms with Crippen LogP contribution in [0.15, 0.2) is 40.6 Å². The average Bonchev–Trinajstić information content (AvgIpc) is 2.74. The van der Waals surface area contributed by atoms with E-state index in [4.69, 9.17) is 0 Å². The number of amides is 1. The van der Waals surface area contributed by atoms with Crippen LogP contribution in [0, 0.1) is 6.92 Å². The molecule has 2 rings (SSSR count). The Morgan fingerprint density at radius 1 is 1.41 bits per heavy atom. The summed E-state index contributed by atoms with van der Waals surface area (Å²) in [5.41, 5.74) is 2.33. The Morgan fingerprint density at radius 3 is 2.82 bits per heavy atom. The first-order valence-electron chi connectivity index (χ1n) is 5.27. The van der Waals surface area contributed by atoms with E-state index in [0.717, 1.165) is 10.5 Å². The molecular weight excluding hydrogens is 250 g/mol. The number of carbonyl (C=O) groups excluding carboxylic acids is 1. The maximum absolute atomic E-state index is 11.8. The van der Waals surface area contributed by atoms with Crippen molar-refractivity contribution in [2.24, 2.45) is 0 Å². The highest BCUT2D eigenvalue weighted by Crippen LogP contribution is 2.17. The van der Waals surface area contributed by atoms with Crippen LogP contribution in [0.5, 0.6) is 0 Å². The molecule has 0 spiro atoms. The van der Waals surface area contributed by atoms with E-state index in [1.807, 2.05) is 36.6 Å². The molecule has 0 radical (unpaired) electrons. The summed E-state index contributed by atoms with van der Waals surface area (Å²) in [6.07, 6.45) is 0. The molecule has 1 N–H and O–H groups in total. The predicted molar refractivity (Wildman–Crippen MR) is 73.9 cm³/mol. The van der Waals surface area contributed by atoms with Gasteiger partial charge in [0, 0.05) is 16.8 Å². The molecule has 0 saturated carbocycles. The number of hydrogen-bond acceptors (Lipinski definition) is 3. The second-order valence-corrected chi connectivity index (χ2v) is 5.21. The monoisotopic (exact) mass is 263 g/mol. The van der Waals surface area contributed by atoms with Gasteiger partial charge >= 0.3 is 0 Å². The topological polar surface area (TPSA) is 29.1 Å². The maximum atomic E-state index is 11.8. The highest BCUT2D eigenvalue weighted by molar-refractivity contribution is 7.80. The van der Waals surface area contributed by atoms with E-state index in [2.05, 4.69) is 17.9 Å². The SMILES string of the molecule is Cc1ccccc1CNC(=O)c1cc(S)cs1. The first-order valence-corrected chi connectivity index (χ1v) is 6.59. The van der Waals surface area contributed by atoms with Gasteiger partial charge in [0.25, 0.3) is 5.91 Å². The predicted octanol–water partition coefficient (Wildman–Crippen LogP) is 3.28. The summed E-state index contributed by atoms with van der Waals surface area (Å²) >= 11 is 5.59. The zero-order valence-electron chi connectivity index (χ0n) is 9.43. The fraction of sp³-hybridized carbons (Fsp3) is 0.154. The number of aryl methyl sites for hydroxylation is 1. The minimum atomic E-state index is -0.0430. The van der Waals surface area contributed by atoms with Crippen LogP contribution in [0.25, 0.3) is 0 Å². The largest absolute Gasteiger partial charge is 0.347 e. The average molecular weight is 263 g/mol. The second-order valence-electron chi connectivity index (χ2n) is 3.78. The zero-order chi connectivity index (χ0) is 12.3. The van der Waals surface area contributed by atoms with Gasteiger partial charge in [-0.15, -0.1) is 24.0 Å².